The number of amides is 1. The lowest BCUT2D eigenvalue weighted by Crippen LogP contribution is -2.30. The summed E-state index contributed by atoms with van der Waals surface area (Å²) in [6.07, 6.45) is 6.70. The second-order valence-corrected chi connectivity index (χ2v) is 7.48. The van der Waals surface area contributed by atoms with Crippen LogP contribution >= 0.6 is 0 Å². The fourth-order valence-electron chi connectivity index (χ4n) is 4.03. The largest absolute Gasteiger partial charge is 0.466 e. The van der Waals surface area contributed by atoms with Crippen molar-refractivity contribution in [2.24, 2.45) is 11.7 Å². The Morgan fingerprint density at radius 1 is 1.20 bits per heavy atom. The number of hydrogen-bond donors (Lipinski definition) is 2. The number of esters is 1. The highest BCUT2D eigenvalue weighted by atomic mass is 16.5. The summed E-state index contributed by atoms with van der Waals surface area (Å²) < 4.78 is 6.98. The van der Waals surface area contributed by atoms with E-state index in [4.69, 9.17) is 10.5 Å². The van der Waals surface area contributed by atoms with Crippen molar-refractivity contribution in [3.8, 4) is 5.82 Å². The lowest BCUT2D eigenvalue weighted by atomic mass is 9.86. The predicted molar refractivity (Wildman–Crippen MR) is 113 cm³/mol. The van der Waals surface area contributed by atoms with Crippen molar-refractivity contribution in [2.45, 2.75) is 38.6 Å². The summed E-state index contributed by atoms with van der Waals surface area (Å²) in [7, 11) is 0. The van der Waals surface area contributed by atoms with Gasteiger partial charge in [-0.3, -0.25) is 9.59 Å². The zero-order valence-corrected chi connectivity index (χ0v) is 16.9. The third-order valence-corrected chi connectivity index (χ3v) is 5.55. The Labute approximate surface area is 174 Å². The molecule has 3 N–H and O–H groups in total. The molecular weight excluding hydrogens is 382 g/mol. The molecule has 0 saturated heterocycles. The number of ether oxygens (including phenoxy) is 1. The predicted octanol–water partition coefficient (Wildman–Crippen LogP) is 3.05. The van der Waals surface area contributed by atoms with E-state index >= 15 is 0 Å². The van der Waals surface area contributed by atoms with Gasteiger partial charge in [-0.05, 0) is 44.7 Å². The summed E-state index contributed by atoms with van der Waals surface area (Å²) in [6, 6.07) is 9.57. The summed E-state index contributed by atoms with van der Waals surface area (Å²) in [6.45, 7) is 2.25. The molecule has 4 rings (SSSR count). The molecular formula is C22H25N5O3. The van der Waals surface area contributed by atoms with Gasteiger partial charge < -0.3 is 20.4 Å². The van der Waals surface area contributed by atoms with Crippen LogP contribution in [0.5, 0.6) is 0 Å². The SMILES string of the molecule is CCOC(=O)[C@H]1CC[C@H](Nc2nccc(-n3cc(C(N)=O)c4ccccc43)n2)CC1. The van der Waals surface area contributed by atoms with E-state index in [-0.39, 0.29) is 17.9 Å². The van der Waals surface area contributed by atoms with Crippen molar-refractivity contribution >= 4 is 28.7 Å². The molecule has 0 unspecified atom stereocenters. The van der Waals surface area contributed by atoms with E-state index in [0.717, 1.165) is 36.6 Å². The zero-order chi connectivity index (χ0) is 21.1. The quantitative estimate of drug-likeness (QED) is 0.608. The molecule has 8 nitrogen and oxygen atoms in total. The average Bonchev–Trinajstić information content (AvgIpc) is 3.15. The maximum Gasteiger partial charge on any atom is 0.308 e. The van der Waals surface area contributed by atoms with Crippen molar-refractivity contribution in [3.63, 3.8) is 0 Å². The number of carbonyl (C=O) groups excluding carboxylic acids is 2. The van der Waals surface area contributed by atoms with Crippen molar-refractivity contribution in [3.05, 3.63) is 48.3 Å². The smallest absolute Gasteiger partial charge is 0.308 e. The minimum atomic E-state index is -0.476. The number of para-hydroxylation sites is 1. The van der Waals surface area contributed by atoms with Crippen LogP contribution in [0, 0.1) is 5.92 Å². The van der Waals surface area contributed by atoms with E-state index in [9.17, 15) is 9.59 Å². The van der Waals surface area contributed by atoms with Gasteiger partial charge in [0.25, 0.3) is 5.91 Å². The standard InChI is InChI=1S/C22H25N5O3/c1-2-30-21(29)14-7-9-15(10-8-14)25-22-24-12-11-19(26-22)27-13-17(20(23)28)16-5-3-4-6-18(16)27/h3-6,11-15H,2,7-10H2,1H3,(H2,23,28)(H,24,25,26)/t14-,15-. The Bertz CT molecular complexity index is 1070. The van der Waals surface area contributed by atoms with Crippen LogP contribution in [0.3, 0.4) is 0 Å². The third-order valence-electron chi connectivity index (χ3n) is 5.55. The highest BCUT2D eigenvalue weighted by molar-refractivity contribution is 6.06. The number of primary amides is 1. The molecule has 2 heterocycles. The molecule has 8 heteroatoms. The van der Waals surface area contributed by atoms with Gasteiger partial charge in [0, 0.05) is 23.8 Å². The molecule has 3 aromatic rings. The number of nitrogens with one attached hydrogen (secondary N) is 1. The topological polar surface area (TPSA) is 112 Å². The molecule has 0 radical (unpaired) electrons. The fraction of sp³-hybridized carbons (Fsp3) is 0.364. The maximum absolute atomic E-state index is 11.9. The highest BCUT2D eigenvalue weighted by Gasteiger charge is 2.27. The first-order valence-electron chi connectivity index (χ1n) is 10.2. The lowest BCUT2D eigenvalue weighted by Gasteiger charge is -2.27. The maximum atomic E-state index is 11.9. The second kappa shape index (κ2) is 8.52. The monoisotopic (exact) mass is 407 g/mol. The average molecular weight is 407 g/mol. The number of hydrogen-bond acceptors (Lipinski definition) is 6. The molecule has 30 heavy (non-hydrogen) atoms. The summed E-state index contributed by atoms with van der Waals surface area (Å²) in [5, 5.41) is 4.17. The molecule has 1 aliphatic carbocycles. The number of anilines is 1. The molecule has 1 fully saturated rings. The van der Waals surface area contributed by atoms with Gasteiger partial charge in [0.1, 0.15) is 5.82 Å². The first-order chi connectivity index (χ1) is 14.6. The first-order valence-corrected chi connectivity index (χ1v) is 10.2. The minimum Gasteiger partial charge on any atom is -0.466 e. The zero-order valence-electron chi connectivity index (χ0n) is 16.9. The van der Waals surface area contributed by atoms with Crippen LogP contribution < -0.4 is 11.1 Å². The molecule has 0 atom stereocenters. The molecule has 1 saturated carbocycles. The number of nitrogens with two attached hydrogens (primary N) is 1. The van der Waals surface area contributed by atoms with Gasteiger partial charge in [-0.15, -0.1) is 0 Å². The number of rotatable bonds is 6. The van der Waals surface area contributed by atoms with Gasteiger partial charge >= 0.3 is 5.97 Å². The van der Waals surface area contributed by atoms with Gasteiger partial charge in [-0.2, -0.15) is 4.98 Å². The Kier molecular flexibility index (Phi) is 5.65. The van der Waals surface area contributed by atoms with Crippen molar-refractivity contribution in [1.29, 1.82) is 0 Å². The Morgan fingerprint density at radius 3 is 2.70 bits per heavy atom. The molecule has 1 amide bonds. The highest BCUT2D eigenvalue weighted by Crippen LogP contribution is 2.28. The van der Waals surface area contributed by atoms with Crippen molar-refractivity contribution in [2.75, 3.05) is 11.9 Å². The van der Waals surface area contributed by atoms with E-state index in [2.05, 4.69) is 15.3 Å². The number of benzene rings is 1. The number of nitrogens with zero attached hydrogens (tertiary/aromatic N) is 3. The van der Waals surface area contributed by atoms with Crippen LogP contribution in [0.2, 0.25) is 0 Å². The van der Waals surface area contributed by atoms with E-state index in [1.165, 1.54) is 0 Å². The molecule has 0 aliphatic heterocycles. The Balaban J connectivity index is 1.51. The molecule has 1 aromatic carbocycles. The van der Waals surface area contributed by atoms with Gasteiger partial charge in [-0.1, -0.05) is 18.2 Å². The third kappa shape index (κ3) is 3.98. The van der Waals surface area contributed by atoms with Crippen LogP contribution in [0.4, 0.5) is 5.95 Å². The Hall–Kier alpha value is -3.42. The second-order valence-electron chi connectivity index (χ2n) is 7.48. The van der Waals surface area contributed by atoms with Gasteiger partial charge in [0.15, 0.2) is 0 Å². The summed E-state index contributed by atoms with van der Waals surface area (Å²) in [4.78, 5) is 32.7. The lowest BCUT2D eigenvalue weighted by molar-refractivity contribution is -0.149. The van der Waals surface area contributed by atoms with Crippen molar-refractivity contribution < 1.29 is 14.3 Å². The van der Waals surface area contributed by atoms with E-state index in [0.29, 0.717) is 23.9 Å². The molecule has 0 spiro atoms. The van der Waals surface area contributed by atoms with Gasteiger partial charge in [-0.25, -0.2) is 4.98 Å². The van der Waals surface area contributed by atoms with E-state index in [1.807, 2.05) is 35.8 Å². The fourth-order valence-corrected chi connectivity index (χ4v) is 4.03. The van der Waals surface area contributed by atoms with Gasteiger partial charge in [0.05, 0.1) is 23.6 Å². The summed E-state index contributed by atoms with van der Waals surface area (Å²) >= 11 is 0. The van der Waals surface area contributed by atoms with Crippen LogP contribution in [-0.2, 0) is 9.53 Å². The summed E-state index contributed by atoms with van der Waals surface area (Å²) in [5.41, 5.74) is 6.85. The van der Waals surface area contributed by atoms with Gasteiger partial charge in [0.2, 0.25) is 5.95 Å². The molecule has 0 bridgehead atoms. The number of aromatic nitrogens is 3. The molecule has 156 valence electrons. The summed E-state index contributed by atoms with van der Waals surface area (Å²) in [5.74, 6) is 0.574. The molecule has 1 aliphatic rings. The number of carbonyl (C=O) groups is 2. The van der Waals surface area contributed by atoms with E-state index < -0.39 is 5.91 Å². The van der Waals surface area contributed by atoms with E-state index in [1.54, 1.807) is 18.5 Å². The normalized spacial score (nSPS) is 18.8. The van der Waals surface area contributed by atoms with Crippen LogP contribution in [0.15, 0.2) is 42.7 Å². The van der Waals surface area contributed by atoms with Crippen LogP contribution in [0.25, 0.3) is 16.7 Å². The van der Waals surface area contributed by atoms with Crippen LogP contribution in [0.1, 0.15) is 43.0 Å². The van der Waals surface area contributed by atoms with Crippen LogP contribution in [-0.4, -0.2) is 39.1 Å². The minimum absolute atomic E-state index is 0.0197. The Morgan fingerprint density at radius 2 is 1.97 bits per heavy atom. The number of fused-ring (bicyclic) bond motifs is 1. The first kappa shape index (κ1) is 19.9. The molecule has 2 aromatic heterocycles. The van der Waals surface area contributed by atoms with Crippen molar-refractivity contribution in [1.82, 2.24) is 14.5 Å².